The summed E-state index contributed by atoms with van der Waals surface area (Å²) in [4.78, 5) is 11.7. The van der Waals surface area contributed by atoms with E-state index in [4.69, 9.17) is 9.16 Å². The SMILES string of the molecule is CCOC(=O)CC[C@H](C)CO[Si](c1ccccc1)(c1ccccc1)C(C)(C)C. The average Bonchev–Trinajstić information content (AvgIpc) is 2.68. The molecule has 0 heterocycles. The topological polar surface area (TPSA) is 35.5 Å². The summed E-state index contributed by atoms with van der Waals surface area (Å²) in [6.45, 7) is 11.9. The quantitative estimate of drug-likeness (QED) is 0.459. The molecule has 4 heteroatoms. The third kappa shape index (κ3) is 5.33. The van der Waals surface area contributed by atoms with E-state index in [0.29, 0.717) is 19.6 Å². The van der Waals surface area contributed by atoms with Crippen LogP contribution >= 0.6 is 0 Å². The highest BCUT2D eigenvalue weighted by atomic mass is 28.4. The van der Waals surface area contributed by atoms with Crippen LogP contribution in [0, 0.1) is 5.92 Å². The van der Waals surface area contributed by atoms with Crippen LogP contribution in [0.4, 0.5) is 0 Å². The minimum absolute atomic E-state index is 0.0312. The molecule has 0 bridgehead atoms. The van der Waals surface area contributed by atoms with Crippen molar-refractivity contribution in [3.63, 3.8) is 0 Å². The molecule has 0 aliphatic rings. The number of carbonyl (C=O) groups is 1. The highest BCUT2D eigenvalue weighted by Gasteiger charge is 2.50. The molecule has 0 spiro atoms. The number of ether oxygens (including phenoxy) is 1. The zero-order valence-corrected chi connectivity index (χ0v) is 18.9. The van der Waals surface area contributed by atoms with Crippen molar-refractivity contribution in [2.24, 2.45) is 5.92 Å². The Labute approximate surface area is 171 Å². The maximum absolute atomic E-state index is 11.7. The van der Waals surface area contributed by atoms with Gasteiger partial charge in [-0.15, -0.1) is 0 Å². The molecule has 2 aromatic carbocycles. The summed E-state index contributed by atoms with van der Waals surface area (Å²) in [6, 6.07) is 21.3. The lowest BCUT2D eigenvalue weighted by Gasteiger charge is -2.43. The Morgan fingerprint density at radius 3 is 1.89 bits per heavy atom. The normalized spacial score (nSPS) is 13.2. The molecule has 1 atom stereocenters. The van der Waals surface area contributed by atoms with E-state index in [2.05, 4.69) is 88.4 Å². The van der Waals surface area contributed by atoms with Crippen molar-refractivity contribution in [2.75, 3.05) is 13.2 Å². The first kappa shape index (κ1) is 22.4. The molecule has 0 saturated heterocycles. The summed E-state index contributed by atoms with van der Waals surface area (Å²) >= 11 is 0. The maximum Gasteiger partial charge on any atom is 0.305 e. The molecule has 0 unspecified atom stereocenters. The lowest BCUT2D eigenvalue weighted by atomic mass is 10.1. The fourth-order valence-electron chi connectivity index (χ4n) is 3.71. The minimum Gasteiger partial charge on any atom is -0.466 e. The lowest BCUT2D eigenvalue weighted by Crippen LogP contribution is -2.66. The van der Waals surface area contributed by atoms with E-state index in [1.807, 2.05) is 6.92 Å². The zero-order valence-electron chi connectivity index (χ0n) is 17.9. The van der Waals surface area contributed by atoms with Crippen LogP contribution in [0.15, 0.2) is 60.7 Å². The van der Waals surface area contributed by atoms with Gasteiger partial charge in [0.25, 0.3) is 8.32 Å². The molecular formula is C24H34O3Si. The molecule has 0 saturated carbocycles. The monoisotopic (exact) mass is 398 g/mol. The first-order chi connectivity index (χ1) is 13.3. The second-order valence-corrected chi connectivity index (χ2v) is 12.7. The molecular weight excluding hydrogens is 364 g/mol. The van der Waals surface area contributed by atoms with Gasteiger partial charge in [-0.05, 0) is 34.7 Å². The zero-order chi connectivity index (χ0) is 20.6. The standard InChI is InChI=1S/C24H34O3Si/c1-6-26-23(25)18-17-20(2)19-27-28(24(3,4)5,21-13-9-7-10-14-21)22-15-11-8-12-16-22/h7-16,20H,6,17-19H2,1-5H3/t20-/m0/s1. The van der Waals surface area contributed by atoms with Crippen LogP contribution in [-0.4, -0.2) is 27.5 Å². The van der Waals surface area contributed by atoms with E-state index in [9.17, 15) is 4.79 Å². The predicted molar refractivity (Wildman–Crippen MR) is 119 cm³/mol. The van der Waals surface area contributed by atoms with Crippen molar-refractivity contribution < 1.29 is 14.0 Å². The average molecular weight is 399 g/mol. The van der Waals surface area contributed by atoms with Gasteiger partial charge in [-0.3, -0.25) is 4.79 Å². The van der Waals surface area contributed by atoms with Crippen molar-refractivity contribution in [2.45, 2.75) is 52.5 Å². The second kappa shape index (κ2) is 10.0. The van der Waals surface area contributed by atoms with Crippen molar-refractivity contribution in [1.82, 2.24) is 0 Å². The Morgan fingerprint density at radius 2 is 1.46 bits per heavy atom. The minimum atomic E-state index is -2.50. The van der Waals surface area contributed by atoms with Crippen LogP contribution in [0.1, 0.15) is 47.5 Å². The van der Waals surface area contributed by atoms with Crippen LogP contribution in [0.3, 0.4) is 0 Å². The van der Waals surface area contributed by atoms with Gasteiger partial charge in [0, 0.05) is 13.0 Å². The van der Waals surface area contributed by atoms with Gasteiger partial charge >= 0.3 is 5.97 Å². The van der Waals surface area contributed by atoms with Gasteiger partial charge in [0.1, 0.15) is 0 Å². The Balaban J connectivity index is 2.30. The lowest BCUT2D eigenvalue weighted by molar-refractivity contribution is -0.143. The smallest absolute Gasteiger partial charge is 0.305 e. The number of carbonyl (C=O) groups excluding carboxylic acids is 1. The maximum atomic E-state index is 11.7. The van der Waals surface area contributed by atoms with E-state index in [0.717, 1.165) is 6.42 Å². The molecule has 0 aromatic heterocycles. The second-order valence-electron chi connectivity index (χ2n) is 8.42. The third-order valence-corrected chi connectivity index (χ3v) is 10.2. The summed E-state index contributed by atoms with van der Waals surface area (Å²) in [7, 11) is -2.50. The molecule has 0 aliphatic carbocycles. The van der Waals surface area contributed by atoms with Crippen LogP contribution in [0.25, 0.3) is 0 Å². The molecule has 0 amide bonds. The highest BCUT2D eigenvalue weighted by Crippen LogP contribution is 2.37. The van der Waals surface area contributed by atoms with E-state index in [1.54, 1.807) is 0 Å². The molecule has 3 nitrogen and oxygen atoms in total. The Kier molecular flexibility index (Phi) is 8.02. The first-order valence-corrected chi connectivity index (χ1v) is 12.1. The summed E-state index contributed by atoms with van der Waals surface area (Å²) in [5.74, 6) is 0.158. The number of rotatable bonds is 9. The molecule has 2 rings (SSSR count). The van der Waals surface area contributed by atoms with Crippen molar-refractivity contribution >= 4 is 24.7 Å². The predicted octanol–water partition coefficient (Wildman–Crippen LogP) is 4.54. The molecule has 0 fully saturated rings. The molecule has 0 radical (unpaired) electrons. The summed E-state index contributed by atoms with van der Waals surface area (Å²) in [6.07, 6.45) is 1.22. The van der Waals surface area contributed by atoms with Gasteiger partial charge in [0.2, 0.25) is 0 Å². The van der Waals surface area contributed by atoms with Crippen molar-refractivity contribution in [3.05, 3.63) is 60.7 Å². The van der Waals surface area contributed by atoms with Gasteiger partial charge in [0.05, 0.1) is 6.61 Å². The summed E-state index contributed by atoms with van der Waals surface area (Å²) in [5, 5.41) is 2.54. The van der Waals surface area contributed by atoms with Gasteiger partial charge in [-0.1, -0.05) is 88.4 Å². The first-order valence-electron chi connectivity index (χ1n) is 10.2. The van der Waals surface area contributed by atoms with Crippen molar-refractivity contribution in [3.8, 4) is 0 Å². The fourth-order valence-corrected chi connectivity index (χ4v) is 8.40. The largest absolute Gasteiger partial charge is 0.466 e. The fraction of sp³-hybridized carbons (Fsp3) is 0.458. The molecule has 0 N–H and O–H groups in total. The Morgan fingerprint density at radius 1 is 0.964 bits per heavy atom. The van der Waals surface area contributed by atoms with Crippen LogP contribution in [0.2, 0.25) is 5.04 Å². The van der Waals surface area contributed by atoms with Gasteiger partial charge in [0.15, 0.2) is 0 Å². The number of esters is 1. The van der Waals surface area contributed by atoms with Crippen molar-refractivity contribution in [1.29, 1.82) is 0 Å². The number of hydrogen-bond donors (Lipinski definition) is 0. The third-order valence-electron chi connectivity index (χ3n) is 5.15. The van der Waals surface area contributed by atoms with E-state index >= 15 is 0 Å². The number of benzene rings is 2. The summed E-state index contributed by atoms with van der Waals surface area (Å²) < 4.78 is 12.0. The molecule has 0 aliphatic heterocycles. The van der Waals surface area contributed by atoms with Gasteiger partial charge in [-0.2, -0.15) is 0 Å². The van der Waals surface area contributed by atoms with E-state index in [-0.39, 0.29) is 16.9 Å². The van der Waals surface area contributed by atoms with E-state index in [1.165, 1.54) is 10.4 Å². The molecule has 152 valence electrons. The Bertz CT molecular complexity index is 683. The highest BCUT2D eigenvalue weighted by molar-refractivity contribution is 6.99. The number of hydrogen-bond acceptors (Lipinski definition) is 3. The summed E-state index contributed by atoms with van der Waals surface area (Å²) in [5.41, 5.74) is 0. The van der Waals surface area contributed by atoms with Crippen LogP contribution in [0.5, 0.6) is 0 Å². The van der Waals surface area contributed by atoms with Crippen LogP contribution in [-0.2, 0) is 14.0 Å². The molecule has 2 aromatic rings. The molecule has 28 heavy (non-hydrogen) atoms. The van der Waals surface area contributed by atoms with Gasteiger partial charge < -0.3 is 9.16 Å². The van der Waals surface area contributed by atoms with Gasteiger partial charge in [-0.25, -0.2) is 0 Å². The van der Waals surface area contributed by atoms with Crippen LogP contribution < -0.4 is 10.4 Å². The Hall–Kier alpha value is -1.91. The van der Waals surface area contributed by atoms with E-state index < -0.39 is 8.32 Å².